The Balaban J connectivity index is 0.00000169. The summed E-state index contributed by atoms with van der Waals surface area (Å²) in [5, 5.41) is 0. The quantitative estimate of drug-likeness (QED) is 0.875. The molecular weight excluding hydrogens is 270 g/mol. The molecule has 0 radical (unpaired) electrons. The van der Waals surface area contributed by atoms with Crippen molar-refractivity contribution in [2.75, 3.05) is 6.54 Å². The first-order chi connectivity index (χ1) is 6.06. The first-order valence-electron chi connectivity index (χ1n) is 3.97. The van der Waals surface area contributed by atoms with E-state index in [0.29, 0.717) is 11.1 Å². The Hall–Kier alpha value is -0.160. The fourth-order valence-electron chi connectivity index (χ4n) is 1.15. The smallest absolute Gasteiger partial charge is 0.131 e. The van der Waals surface area contributed by atoms with E-state index in [-0.39, 0.29) is 24.8 Å². The van der Waals surface area contributed by atoms with Gasteiger partial charge in [-0.15, -0.1) is 12.4 Å². The highest BCUT2D eigenvalue weighted by atomic mass is 79.9. The molecule has 1 rings (SSSR count). The number of halogens is 3. The van der Waals surface area contributed by atoms with Gasteiger partial charge in [0.2, 0.25) is 0 Å². The molecule has 0 saturated carbocycles. The van der Waals surface area contributed by atoms with Gasteiger partial charge >= 0.3 is 0 Å². The second-order valence-electron chi connectivity index (χ2n) is 2.97. The highest BCUT2D eigenvalue weighted by Gasteiger charge is 2.12. The average Bonchev–Trinajstić information content (AvgIpc) is 2.10. The SMILES string of the molecule is Cc1cc(Br)cc([C@@H](N)CN)c1F.Cl. The predicted molar refractivity (Wildman–Crippen MR) is 62.1 cm³/mol. The first kappa shape index (κ1) is 13.8. The maximum atomic E-state index is 13.5. The van der Waals surface area contributed by atoms with E-state index in [1.165, 1.54) is 0 Å². The third-order valence-electron chi connectivity index (χ3n) is 1.90. The molecule has 0 aliphatic carbocycles. The summed E-state index contributed by atoms with van der Waals surface area (Å²) >= 11 is 3.28. The molecule has 0 aliphatic rings. The number of rotatable bonds is 2. The highest BCUT2D eigenvalue weighted by Crippen LogP contribution is 2.23. The summed E-state index contributed by atoms with van der Waals surface area (Å²) in [6, 6.07) is 2.94. The molecule has 1 aromatic carbocycles. The van der Waals surface area contributed by atoms with Crippen LogP contribution in [0.2, 0.25) is 0 Å². The summed E-state index contributed by atoms with van der Waals surface area (Å²) in [5.41, 5.74) is 12.1. The van der Waals surface area contributed by atoms with Crippen LogP contribution in [0, 0.1) is 12.7 Å². The van der Waals surface area contributed by atoms with Crippen LogP contribution in [0.25, 0.3) is 0 Å². The van der Waals surface area contributed by atoms with Crippen molar-refractivity contribution < 1.29 is 4.39 Å². The lowest BCUT2D eigenvalue weighted by Crippen LogP contribution is -2.22. The molecule has 5 heteroatoms. The Bertz CT molecular complexity index is 320. The number of hydrogen-bond acceptors (Lipinski definition) is 2. The van der Waals surface area contributed by atoms with Gasteiger partial charge in [-0.25, -0.2) is 4.39 Å². The fraction of sp³-hybridized carbons (Fsp3) is 0.333. The first-order valence-corrected chi connectivity index (χ1v) is 4.76. The zero-order chi connectivity index (χ0) is 10.0. The van der Waals surface area contributed by atoms with Crippen LogP contribution in [0.3, 0.4) is 0 Å². The summed E-state index contributed by atoms with van der Waals surface area (Å²) in [6.07, 6.45) is 0. The Morgan fingerprint density at radius 1 is 1.50 bits per heavy atom. The summed E-state index contributed by atoms with van der Waals surface area (Å²) in [7, 11) is 0. The van der Waals surface area contributed by atoms with Crippen molar-refractivity contribution in [3.05, 3.63) is 33.5 Å². The van der Waals surface area contributed by atoms with Gasteiger partial charge in [-0.2, -0.15) is 0 Å². The number of hydrogen-bond donors (Lipinski definition) is 2. The minimum Gasteiger partial charge on any atom is -0.329 e. The summed E-state index contributed by atoms with van der Waals surface area (Å²) in [6.45, 7) is 1.94. The van der Waals surface area contributed by atoms with Gasteiger partial charge in [0.25, 0.3) is 0 Å². The van der Waals surface area contributed by atoms with Crippen LogP contribution >= 0.6 is 28.3 Å². The van der Waals surface area contributed by atoms with E-state index < -0.39 is 6.04 Å². The minimum atomic E-state index is -0.434. The standard InChI is InChI=1S/C9H12BrFN2.ClH/c1-5-2-6(10)3-7(9(5)11)8(13)4-12;/h2-3,8H,4,12-13H2,1H3;1H/t8-;/m0./s1. The molecule has 0 aromatic heterocycles. The van der Waals surface area contributed by atoms with E-state index in [1.54, 1.807) is 19.1 Å². The van der Waals surface area contributed by atoms with Crippen LogP contribution in [-0.4, -0.2) is 6.54 Å². The molecule has 0 fully saturated rings. The van der Waals surface area contributed by atoms with Gasteiger partial charge in [0.1, 0.15) is 5.82 Å². The number of benzene rings is 1. The number of nitrogens with two attached hydrogens (primary N) is 2. The molecule has 0 bridgehead atoms. The Morgan fingerprint density at radius 3 is 2.57 bits per heavy atom. The van der Waals surface area contributed by atoms with Crippen molar-refractivity contribution in [2.24, 2.45) is 11.5 Å². The molecule has 0 aliphatic heterocycles. The summed E-state index contributed by atoms with van der Waals surface area (Å²) in [4.78, 5) is 0. The van der Waals surface area contributed by atoms with Crippen molar-refractivity contribution in [3.8, 4) is 0 Å². The van der Waals surface area contributed by atoms with Gasteiger partial charge in [-0.1, -0.05) is 15.9 Å². The molecule has 0 unspecified atom stereocenters. The molecule has 80 valence electrons. The van der Waals surface area contributed by atoms with Crippen molar-refractivity contribution in [3.63, 3.8) is 0 Å². The van der Waals surface area contributed by atoms with Gasteiger partial charge in [0.15, 0.2) is 0 Å². The van der Waals surface area contributed by atoms with E-state index in [4.69, 9.17) is 11.5 Å². The van der Waals surface area contributed by atoms with Crippen LogP contribution in [0.5, 0.6) is 0 Å². The normalized spacial score (nSPS) is 12.1. The van der Waals surface area contributed by atoms with E-state index in [0.717, 1.165) is 4.47 Å². The van der Waals surface area contributed by atoms with Gasteiger partial charge in [-0.3, -0.25) is 0 Å². The van der Waals surface area contributed by atoms with Crippen LogP contribution in [0.1, 0.15) is 17.2 Å². The second kappa shape index (κ2) is 5.66. The van der Waals surface area contributed by atoms with Crippen molar-refractivity contribution in [2.45, 2.75) is 13.0 Å². The zero-order valence-corrected chi connectivity index (χ0v) is 10.2. The fourth-order valence-corrected chi connectivity index (χ4v) is 1.74. The lowest BCUT2D eigenvalue weighted by atomic mass is 10.0. The van der Waals surface area contributed by atoms with Gasteiger partial charge in [0.05, 0.1) is 0 Å². The second-order valence-corrected chi connectivity index (χ2v) is 3.88. The Morgan fingerprint density at radius 2 is 2.07 bits per heavy atom. The highest BCUT2D eigenvalue weighted by molar-refractivity contribution is 9.10. The van der Waals surface area contributed by atoms with Gasteiger partial charge in [-0.05, 0) is 24.6 Å². The van der Waals surface area contributed by atoms with Crippen LogP contribution in [0.15, 0.2) is 16.6 Å². The molecular formula is C9H13BrClFN2. The Kier molecular flexibility index (Phi) is 5.59. The molecule has 14 heavy (non-hydrogen) atoms. The topological polar surface area (TPSA) is 52.0 Å². The average molecular weight is 284 g/mol. The molecule has 2 nitrogen and oxygen atoms in total. The van der Waals surface area contributed by atoms with Crippen molar-refractivity contribution >= 4 is 28.3 Å². The van der Waals surface area contributed by atoms with Gasteiger partial charge in [0, 0.05) is 22.6 Å². The maximum absolute atomic E-state index is 13.5. The third kappa shape index (κ3) is 2.92. The van der Waals surface area contributed by atoms with Crippen molar-refractivity contribution in [1.29, 1.82) is 0 Å². The minimum absolute atomic E-state index is 0. The molecule has 4 N–H and O–H groups in total. The van der Waals surface area contributed by atoms with E-state index in [9.17, 15) is 4.39 Å². The molecule has 0 amide bonds. The largest absolute Gasteiger partial charge is 0.329 e. The van der Waals surface area contributed by atoms with Crippen molar-refractivity contribution in [1.82, 2.24) is 0 Å². The predicted octanol–water partition coefficient (Wildman–Crippen LogP) is 2.28. The maximum Gasteiger partial charge on any atom is 0.131 e. The third-order valence-corrected chi connectivity index (χ3v) is 2.36. The monoisotopic (exact) mass is 282 g/mol. The molecule has 0 heterocycles. The van der Waals surface area contributed by atoms with Gasteiger partial charge < -0.3 is 11.5 Å². The Labute approximate surface area is 97.4 Å². The summed E-state index contributed by atoms with van der Waals surface area (Å²) in [5.74, 6) is -0.263. The van der Waals surface area contributed by atoms with E-state index in [1.807, 2.05) is 0 Å². The molecule has 1 atom stereocenters. The van der Waals surface area contributed by atoms with E-state index in [2.05, 4.69) is 15.9 Å². The lowest BCUT2D eigenvalue weighted by Gasteiger charge is -2.12. The van der Waals surface area contributed by atoms with Crippen LogP contribution in [-0.2, 0) is 0 Å². The molecule has 1 aromatic rings. The molecule has 0 saturated heterocycles. The zero-order valence-electron chi connectivity index (χ0n) is 7.76. The number of aryl methyl sites for hydroxylation is 1. The van der Waals surface area contributed by atoms with Crippen LogP contribution < -0.4 is 11.5 Å². The van der Waals surface area contributed by atoms with Crippen LogP contribution in [0.4, 0.5) is 4.39 Å². The lowest BCUT2D eigenvalue weighted by molar-refractivity contribution is 0.576. The van der Waals surface area contributed by atoms with E-state index >= 15 is 0 Å². The molecule has 0 spiro atoms. The summed E-state index contributed by atoms with van der Waals surface area (Å²) < 4.78 is 14.3.